The number of likely N-dealkylation sites (tertiary alicyclic amines) is 1. The number of nitrogens with one attached hydrogen (secondary N) is 1. The van der Waals surface area contributed by atoms with E-state index in [2.05, 4.69) is 17.1 Å². The summed E-state index contributed by atoms with van der Waals surface area (Å²) in [5.74, 6) is -0.0665. The Morgan fingerprint density at radius 1 is 1.35 bits per heavy atom. The van der Waals surface area contributed by atoms with Gasteiger partial charge in [0.25, 0.3) is 0 Å². The molecule has 112 valence electrons. The lowest BCUT2D eigenvalue weighted by Gasteiger charge is -2.40. The molecule has 0 aromatic heterocycles. The average molecular weight is 278 g/mol. The van der Waals surface area contributed by atoms with Gasteiger partial charge < -0.3 is 5.32 Å². The minimum atomic E-state index is -0.0665. The van der Waals surface area contributed by atoms with Crippen LogP contribution in [0.2, 0.25) is 0 Å². The van der Waals surface area contributed by atoms with Crippen LogP contribution in [0, 0.1) is 5.82 Å². The van der Waals surface area contributed by atoms with Crippen molar-refractivity contribution in [3.05, 3.63) is 35.6 Å². The van der Waals surface area contributed by atoms with E-state index in [-0.39, 0.29) is 5.82 Å². The first-order chi connectivity index (χ1) is 9.72. The lowest BCUT2D eigenvalue weighted by atomic mass is 9.95. The fourth-order valence-electron chi connectivity index (χ4n) is 3.32. The molecular weight excluding hydrogens is 251 g/mol. The van der Waals surface area contributed by atoms with Gasteiger partial charge in [-0.3, -0.25) is 4.90 Å². The lowest BCUT2D eigenvalue weighted by Crippen LogP contribution is -2.46. The van der Waals surface area contributed by atoms with E-state index >= 15 is 0 Å². The first-order valence-electron chi connectivity index (χ1n) is 7.86. The molecule has 1 aliphatic heterocycles. The fourth-order valence-corrected chi connectivity index (χ4v) is 3.32. The molecule has 1 aromatic rings. The Bertz CT molecular complexity index is 408. The van der Waals surface area contributed by atoms with Crippen molar-refractivity contribution in [1.29, 1.82) is 0 Å². The van der Waals surface area contributed by atoms with Gasteiger partial charge in [-0.15, -0.1) is 0 Å². The van der Waals surface area contributed by atoms with Crippen molar-refractivity contribution in [2.45, 2.75) is 51.1 Å². The molecule has 2 atom stereocenters. The lowest BCUT2D eigenvalue weighted by molar-refractivity contribution is 0.0966. The number of nitrogens with zero attached hydrogens (tertiary/aromatic N) is 1. The second-order valence-corrected chi connectivity index (χ2v) is 5.92. The van der Waals surface area contributed by atoms with Gasteiger partial charge in [0.2, 0.25) is 0 Å². The first kappa shape index (κ1) is 15.5. The highest BCUT2D eigenvalue weighted by Crippen LogP contribution is 2.24. The van der Waals surface area contributed by atoms with Crippen LogP contribution in [-0.4, -0.2) is 37.1 Å². The van der Waals surface area contributed by atoms with E-state index in [1.165, 1.54) is 25.7 Å². The van der Waals surface area contributed by atoms with Crippen molar-refractivity contribution in [2.24, 2.45) is 0 Å². The van der Waals surface area contributed by atoms with Crippen LogP contribution < -0.4 is 5.32 Å². The summed E-state index contributed by atoms with van der Waals surface area (Å²) in [7, 11) is 2.01. The highest BCUT2D eigenvalue weighted by atomic mass is 19.1. The third kappa shape index (κ3) is 4.03. The van der Waals surface area contributed by atoms with Crippen LogP contribution in [0.1, 0.15) is 38.2 Å². The maximum Gasteiger partial charge on any atom is 0.126 e. The van der Waals surface area contributed by atoms with Gasteiger partial charge in [0, 0.05) is 12.1 Å². The predicted octanol–water partition coefficient (Wildman–Crippen LogP) is 3.22. The fraction of sp³-hybridized carbons (Fsp3) is 0.647. The van der Waals surface area contributed by atoms with E-state index in [0.29, 0.717) is 12.1 Å². The Morgan fingerprint density at radius 3 is 2.90 bits per heavy atom. The average Bonchev–Trinajstić information content (AvgIpc) is 2.47. The van der Waals surface area contributed by atoms with Crippen LogP contribution in [0.5, 0.6) is 0 Å². The summed E-state index contributed by atoms with van der Waals surface area (Å²) < 4.78 is 13.8. The molecule has 0 bridgehead atoms. The Morgan fingerprint density at radius 2 is 2.15 bits per heavy atom. The summed E-state index contributed by atoms with van der Waals surface area (Å²) in [6.45, 7) is 4.46. The van der Waals surface area contributed by atoms with Crippen molar-refractivity contribution in [2.75, 3.05) is 20.1 Å². The van der Waals surface area contributed by atoms with Crippen LogP contribution in [-0.2, 0) is 6.42 Å². The standard InChI is InChI=1S/C17H27FN2/c1-14(13-15-7-3-4-9-17(15)18)20-12-6-5-8-16(20)10-11-19-2/h3-4,7,9,14,16,19H,5-6,8,10-13H2,1-2H3. The van der Waals surface area contributed by atoms with Crippen LogP contribution in [0.3, 0.4) is 0 Å². The van der Waals surface area contributed by atoms with Crippen molar-refractivity contribution in [1.82, 2.24) is 10.2 Å². The van der Waals surface area contributed by atoms with E-state index in [0.717, 1.165) is 25.1 Å². The normalized spacial score (nSPS) is 21.9. The van der Waals surface area contributed by atoms with Gasteiger partial charge in [0.05, 0.1) is 0 Å². The summed E-state index contributed by atoms with van der Waals surface area (Å²) in [5.41, 5.74) is 0.845. The monoisotopic (exact) mass is 278 g/mol. The maximum absolute atomic E-state index is 13.8. The van der Waals surface area contributed by atoms with Gasteiger partial charge in [0.15, 0.2) is 0 Å². The number of piperidine rings is 1. The molecule has 2 rings (SSSR count). The van der Waals surface area contributed by atoms with Gasteiger partial charge in [0.1, 0.15) is 5.82 Å². The third-order valence-corrected chi connectivity index (χ3v) is 4.44. The summed E-state index contributed by atoms with van der Waals surface area (Å²) in [4.78, 5) is 2.59. The molecule has 2 nitrogen and oxygen atoms in total. The minimum absolute atomic E-state index is 0.0665. The molecule has 20 heavy (non-hydrogen) atoms. The van der Waals surface area contributed by atoms with E-state index in [4.69, 9.17) is 0 Å². The highest BCUT2D eigenvalue weighted by molar-refractivity contribution is 5.18. The molecule has 0 saturated carbocycles. The molecule has 0 radical (unpaired) electrons. The Labute approximate surface area is 122 Å². The third-order valence-electron chi connectivity index (χ3n) is 4.44. The molecule has 0 amide bonds. The molecular formula is C17H27FN2. The smallest absolute Gasteiger partial charge is 0.126 e. The zero-order valence-corrected chi connectivity index (χ0v) is 12.7. The largest absolute Gasteiger partial charge is 0.320 e. The number of rotatable bonds is 6. The maximum atomic E-state index is 13.8. The summed E-state index contributed by atoms with van der Waals surface area (Å²) in [6, 6.07) is 8.24. The van der Waals surface area contributed by atoms with Crippen LogP contribution in [0.25, 0.3) is 0 Å². The van der Waals surface area contributed by atoms with E-state index in [1.54, 1.807) is 12.1 Å². The zero-order chi connectivity index (χ0) is 14.4. The minimum Gasteiger partial charge on any atom is -0.320 e. The van der Waals surface area contributed by atoms with Gasteiger partial charge in [-0.2, -0.15) is 0 Å². The second kappa shape index (κ2) is 7.75. The number of hydrogen-bond donors (Lipinski definition) is 1. The van der Waals surface area contributed by atoms with Crippen molar-refractivity contribution in [3.63, 3.8) is 0 Å². The van der Waals surface area contributed by atoms with Crippen molar-refractivity contribution < 1.29 is 4.39 Å². The molecule has 1 fully saturated rings. The Kier molecular flexibility index (Phi) is 5.99. The van der Waals surface area contributed by atoms with Crippen LogP contribution in [0.15, 0.2) is 24.3 Å². The number of hydrogen-bond acceptors (Lipinski definition) is 2. The molecule has 0 spiro atoms. The number of halogens is 1. The van der Waals surface area contributed by atoms with Gasteiger partial charge in [-0.05, 0) is 64.4 Å². The molecule has 1 N–H and O–H groups in total. The van der Waals surface area contributed by atoms with E-state index < -0.39 is 0 Å². The predicted molar refractivity (Wildman–Crippen MR) is 82.5 cm³/mol. The molecule has 3 heteroatoms. The molecule has 2 unspecified atom stereocenters. The van der Waals surface area contributed by atoms with Crippen LogP contribution in [0.4, 0.5) is 4.39 Å². The topological polar surface area (TPSA) is 15.3 Å². The summed E-state index contributed by atoms with van der Waals surface area (Å²) >= 11 is 0. The summed E-state index contributed by atoms with van der Waals surface area (Å²) in [6.07, 6.45) is 5.89. The van der Waals surface area contributed by atoms with Crippen molar-refractivity contribution in [3.8, 4) is 0 Å². The van der Waals surface area contributed by atoms with Gasteiger partial charge in [-0.25, -0.2) is 4.39 Å². The molecule has 1 heterocycles. The van der Waals surface area contributed by atoms with Gasteiger partial charge >= 0.3 is 0 Å². The Balaban J connectivity index is 1.98. The van der Waals surface area contributed by atoms with E-state index in [9.17, 15) is 4.39 Å². The van der Waals surface area contributed by atoms with Gasteiger partial charge in [-0.1, -0.05) is 24.6 Å². The SMILES string of the molecule is CNCCC1CCCCN1C(C)Cc1ccccc1F. The molecule has 1 aliphatic rings. The molecule has 1 saturated heterocycles. The summed E-state index contributed by atoms with van der Waals surface area (Å²) in [5, 5.41) is 3.25. The zero-order valence-electron chi connectivity index (χ0n) is 12.7. The quantitative estimate of drug-likeness (QED) is 0.859. The van der Waals surface area contributed by atoms with Crippen molar-refractivity contribution >= 4 is 0 Å². The Hall–Kier alpha value is -0.930. The van der Waals surface area contributed by atoms with E-state index in [1.807, 2.05) is 19.2 Å². The molecule has 1 aromatic carbocycles. The molecule has 0 aliphatic carbocycles. The number of benzene rings is 1. The highest BCUT2D eigenvalue weighted by Gasteiger charge is 2.26. The second-order valence-electron chi connectivity index (χ2n) is 5.92. The first-order valence-corrected chi connectivity index (χ1v) is 7.86. The van der Waals surface area contributed by atoms with Crippen LogP contribution >= 0.6 is 0 Å².